The summed E-state index contributed by atoms with van der Waals surface area (Å²) in [6.45, 7) is 18.0. The summed E-state index contributed by atoms with van der Waals surface area (Å²) in [6, 6.07) is 0. The normalized spacial score (nSPS) is 39.5. The monoisotopic (exact) mass is 434 g/mol. The first-order valence-corrected chi connectivity index (χ1v) is 15.3. The van der Waals surface area contributed by atoms with Crippen LogP contribution in [0.3, 0.4) is 0 Å². The first kappa shape index (κ1) is 18.9. The molecule has 2 rings (SSSR count). The Labute approximate surface area is 149 Å². The predicted octanol–water partition coefficient (Wildman–Crippen LogP) is 5.91. The quantitative estimate of drug-likeness (QED) is 0.374. The second-order valence-corrected chi connectivity index (χ2v) is 15.5. The van der Waals surface area contributed by atoms with E-state index >= 15 is 0 Å². The number of hydrogen-bond donors (Lipinski definition) is 0. The Kier molecular flexibility index (Phi) is 7.34. The van der Waals surface area contributed by atoms with Gasteiger partial charge < -0.3 is 0 Å². The van der Waals surface area contributed by atoms with E-state index in [1.807, 2.05) is 0 Å². The van der Waals surface area contributed by atoms with Gasteiger partial charge in [-0.3, -0.25) is 0 Å². The molecular weight excluding hydrogens is 398 g/mol. The second kappa shape index (κ2) is 8.57. The topological polar surface area (TPSA) is 0 Å². The molecule has 22 heavy (non-hydrogen) atoms. The Morgan fingerprint density at radius 1 is 0.727 bits per heavy atom. The third kappa shape index (κ3) is 5.01. The van der Waals surface area contributed by atoms with E-state index in [1.54, 1.807) is 0 Å². The van der Waals surface area contributed by atoms with Crippen molar-refractivity contribution in [3.8, 4) is 0 Å². The van der Waals surface area contributed by atoms with Crippen molar-refractivity contribution >= 4 is 26.3 Å². The van der Waals surface area contributed by atoms with Crippen molar-refractivity contribution in [2.75, 3.05) is 0 Å². The molecule has 2 saturated carbocycles. The fourth-order valence-electron chi connectivity index (χ4n) is 3.87. The zero-order valence-corrected chi connectivity index (χ0v) is 18.4. The number of hydrogen-bond acceptors (Lipinski definition) is 0. The molecule has 0 aromatic rings. The van der Waals surface area contributed by atoms with Crippen molar-refractivity contribution in [2.24, 2.45) is 23.7 Å². The molecule has 0 aromatic carbocycles. The molecule has 0 unspecified atom stereocenters. The van der Waals surface area contributed by atoms with Gasteiger partial charge in [-0.2, -0.15) is 0 Å². The van der Waals surface area contributed by atoms with Gasteiger partial charge in [0.25, 0.3) is 0 Å². The van der Waals surface area contributed by atoms with Crippen molar-refractivity contribution < 1.29 is 0 Å². The van der Waals surface area contributed by atoms with E-state index in [0.29, 0.717) is 0 Å². The second-order valence-electron chi connectivity index (χ2n) is 7.94. The van der Waals surface area contributed by atoms with Crippen LogP contribution >= 0.6 is 0 Å². The van der Waals surface area contributed by atoms with Gasteiger partial charge in [-0.05, 0) is 0 Å². The maximum atomic E-state index is 4.23. The number of rotatable bonds is 5. The maximum absolute atomic E-state index is 4.23. The Balaban J connectivity index is 1.87. The van der Waals surface area contributed by atoms with Crippen LogP contribution in [-0.4, -0.2) is 26.3 Å². The third-order valence-electron chi connectivity index (χ3n) is 5.94. The molecule has 0 spiro atoms. The van der Waals surface area contributed by atoms with Crippen LogP contribution in [0.4, 0.5) is 0 Å². The molecule has 0 radical (unpaired) electrons. The molecule has 126 valence electrons. The van der Waals surface area contributed by atoms with Crippen molar-refractivity contribution in [1.82, 2.24) is 0 Å². The standard InChI is InChI=1S/C20H34Se2/c1-13(2)17-9-7-15(5)19(11-17)21-22-20-12-18(14(3)4)10-8-16(20)6/h15-20H,1,3,7-12H2,2,4-6H3/t15-,16-,17-,18-,19+,20+/m0/s1. The van der Waals surface area contributed by atoms with E-state index in [9.17, 15) is 0 Å². The van der Waals surface area contributed by atoms with Crippen LogP contribution in [0.1, 0.15) is 66.2 Å². The Bertz CT molecular complexity index is 363. The average Bonchev–Trinajstić information content (AvgIpc) is 2.47. The first-order valence-electron chi connectivity index (χ1n) is 9.01. The Hall–Kier alpha value is 0.519. The summed E-state index contributed by atoms with van der Waals surface area (Å²) in [5.41, 5.74) is 2.88. The van der Waals surface area contributed by atoms with Crippen molar-refractivity contribution in [2.45, 2.75) is 75.9 Å². The van der Waals surface area contributed by atoms with Crippen LogP contribution in [0.2, 0.25) is 9.63 Å². The molecule has 2 heteroatoms. The third-order valence-corrected chi connectivity index (χ3v) is 16.6. The minimum atomic E-state index is 0.825. The van der Waals surface area contributed by atoms with Crippen LogP contribution < -0.4 is 0 Å². The van der Waals surface area contributed by atoms with Crippen molar-refractivity contribution in [3.63, 3.8) is 0 Å². The summed E-state index contributed by atoms with van der Waals surface area (Å²) in [5, 5.41) is 0. The van der Waals surface area contributed by atoms with Gasteiger partial charge in [0.2, 0.25) is 0 Å². The van der Waals surface area contributed by atoms with Gasteiger partial charge in [-0.1, -0.05) is 0 Å². The van der Waals surface area contributed by atoms with Gasteiger partial charge in [0, 0.05) is 0 Å². The zero-order chi connectivity index (χ0) is 16.3. The van der Waals surface area contributed by atoms with Crippen LogP contribution in [-0.2, 0) is 0 Å². The first-order chi connectivity index (χ1) is 10.4. The van der Waals surface area contributed by atoms with Gasteiger partial charge >= 0.3 is 150 Å². The van der Waals surface area contributed by atoms with Gasteiger partial charge in [0.1, 0.15) is 0 Å². The van der Waals surface area contributed by atoms with E-state index in [-0.39, 0.29) is 0 Å². The summed E-state index contributed by atoms with van der Waals surface area (Å²) in [4.78, 5) is 2.06. The average molecular weight is 432 g/mol. The molecule has 0 aliphatic heterocycles. The summed E-state index contributed by atoms with van der Waals surface area (Å²) < 4.78 is 0. The van der Waals surface area contributed by atoms with E-state index in [1.165, 1.54) is 49.7 Å². The molecule has 0 saturated heterocycles. The molecular formula is C20H34Se2. The van der Waals surface area contributed by atoms with Gasteiger partial charge in [0.05, 0.1) is 0 Å². The van der Waals surface area contributed by atoms with E-state index in [0.717, 1.165) is 59.6 Å². The SMILES string of the molecule is C=C(C)[C@H]1CC[C@H](C)[C@H]([Se][Se][C@@H]2C[C@@H](C(=C)C)CC[C@@H]2C)C1. The molecule has 0 aromatic heterocycles. The minimum absolute atomic E-state index is 0.825. The van der Waals surface area contributed by atoms with Gasteiger partial charge in [0.15, 0.2) is 0 Å². The molecule has 2 aliphatic rings. The van der Waals surface area contributed by atoms with Crippen LogP contribution in [0.15, 0.2) is 24.3 Å². The summed E-state index contributed by atoms with van der Waals surface area (Å²) in [6.07, 6.45) is 8.57. The van der Waals surface area contributed by atoms with Gasteiger partial charge in [-0.25, -0.2) is 0 Å². The molecule has 0 heterocycles. The predicted molar refractivity (Wildman–Crippen MR) is 102 cm³/mol. The molecule has 0 bridgehead atoms. The molecule has 0 amide bonds. The molecule has 0 N–H and O–H groups in total. The molecule has 6 atom stereocenters. The number of allylic oxidation sites excluding steroid dienone is 2. The van der Waals surface area contributed by atoms with Crippen molar-refractivity contribution in [1.29, 1.82) is 0 Å². The summed E-state index contributed by atoms with van der Waals surface area (Å²) in [7, 11) is 0. The molecule has 2 fully saturated rings. The van der Waals surface area contributed by atoms with E-state index in [4.69, 9.17) is 0 Å². The van der Waals surface area contributed by atoms with E-state index in [2.05, 4.69) is 40.9 Å². The molecule has 2 aliphatic carbocycles. The van der Waals surface area contributed by atoms with Gasteiger partial charge in [-0.15, -0.1) is 0 Å². The Morgan fingerprint density at radius 3 is 1.41 bits per heavy atom. The van der Waals surface area contributed by atoms with Crippen LogP contribution in [0.5, 0.6) is 0 Å². The summed E-state index contributed by atoms with van der Waals surface area (Å²) in [5.74, 6) is 3.58. The van der Waals surface area contributed by atoms with Crippen LogP contribution in [0.25, 0.3) is 0 Å². The zero-order valence-electron chi connectivity index (χ0n) is 14.9. The summed E-state index contributed by atoms with van der Waals surface area (Å²) >= 11 is 1.77. The Morgan fingerprint density at radius 2 is 1.09 bits per heavy atom. The van der Waals surface area contributed by atoms with Crippen LogP contribution in [0, 0.1) is 23.7 Å². The van der Waals surface area contributed by atoms with E-state index < -0.39 is 0 Å². The molecule has 0 nitrogen and oxygen atoms in total. The fraction of sp³-hybridized carbons (Fsp3) is 0.800. The fourth-order valence-corrected chi connectivity index (χ4v) is 16.1. The van der Waals surface area contributed by atoms with Crippen molar-refractivity contribution in [3.05, 3.63) is 24.3 Å².